The lowest BCUT2D eigenvalue weighted by atomic mass is 10.0. The molecule has 0 amide bonds. The van der Waals surface area contributed by atoms with Gasteiger partial charge in [0.2, 0.25) is 6.23 Å². The fourth-order valence-electron chi connectivity index (χ4n) is 6.90. The number of rotatable bonds is 5. The molecule has 2 aromatic carbocycles. The molecule has 4 aromatic heterocycles. The Kier molecular flexibility index (Phi) is 6.19. The van der Waals surface area contributed by atoms with Gasteiger partial charge in [-0.1, -0.05) is 17.7 Å². The van der Waals surface area contributed by atoms with Crippen molar-refractivity contribution in [2.24, 2.45) is 0 Å². The molecule has 3 aliphatic heterocycles. The van der Waals surface area contributed by atoms with E-state index in [-0.39, 0.29) is 17.9 Å². The van der Waals surface area contributed by atoms with Crippen molar-refractivity contribution in [1.29, 1.82) is 0 Å². The van der Waals surface area contributed by atoms with Gasteiger partial charge in [0.15, 0.2) is 0 Å². The molecule has 6 aromatic rings. The Morgan fingerprint density at radius 1 is 0.864 bits per heavy atom. The molecule has 3 atom stereocenters. The molecule has 2 fully saturated rings. The maximum Gasteiger partial charge on any atom is 0.212 e. The van der Waals surface area contributed by atoms with Crippen molar-refractivity contribution in [3.05, 3.63) is 87.6 Å². The van der Waals surface area contributed by atoms with Gasteiger partial charge in [-0.15, -0.1) is 11.3 Å². The normalized spacial score (nSPS) is 21.1. The number of ether oxygens (including phenoxy) is 1. The molecule has 11 heteroatoms. The Morgan fingerprint density at radius 2 is 1.59 bits per heavy atom. The molecule has 0 spiro atoms. The number of imidazole rings is 2. The van der Waals surface area contributed by atoms with Gasteiger partial charge in [0.25, 0.3) is 0 Å². The highest BCUT2D eigenvalue weighted by Crippen LogP contribution is 2.48. The third kappa shape index (κ3) is 4.31. The number of aromatic nitrogens is 5. The largest absolute Gasteiger partial charge is 0.464 e. The van der Waals surface area contributed by atoms with E-state index < -0.39 is 6.23 Å². The quantitative estimate of drug-likeness (QED) is 0.157. The first-order valence-corrected chi connectivity index (χ1v) is 16.3. The highest BCUT2D eigenvalue weighted by molar-refractivity contribution is 7.16. The molecule has 44 heavy (non-hydrogen) atoms. The molecule has 7 heterocycles. The zero-order valence-electron chi connectivity index (χ0n) is 23.7. The number of thiophene rings is 1. The molecule has 0 aliphatic carbocycles. The van der Waals surface area contributed by atoms with E-state index in [9.17, 15) is 0 Å². The van der Waals surface area contributed by atoms with Gasteiger partial charge in [0, 0.05) is 16.5 Å². The molecule has 9 rings (SSSR count). The topological polar surface area (TPSA) is 95.6 Å². The summed E-state index contributed by atoms with van der Waals surface area (Å²) in [5.74, 6) is 1.99. The van der Waals surface area contributed by atoms with Crippen LogP contribution in [0.2, 0.25) is 4.34 Å². The van der Waals surface area contributed by atoms with Gasteiger partial charge in [-0.25, -0.2) is 14.4 Å². The van der Waals surface area contributed by atoms with Crippen LogP contribution < -0.4 is 15.4 Å². The lowest BCUT2D eigenvalue weighted by molar-refractivity contribution is 0.176. The van der Waals surface area contributed by atoms with Crippen LogP contribution in [0.5, 0.6) is 5.75 Å². The lowest BCUT2D eigenvalue weighted by Crippen LogP contribution is -2.22. The minimum absolute atomic E-state index is 0.198. The van der Waals surface area contributed by atoms with Crippen molar-refractivity contribution in [2.45, 2.75) is 44.0 Å². The first-order chi connectivity index (χ1) is 21.6. The van der Waals surface area contributed by atoms with Crippen LogP contribution in [0.3, 0.4) is 0 Å². The number of benzene rings is 2. The summed E-state index contributed by atoms with van der Waals surface area (Å²) in [7, 11) is 0. The van der Waals surface area contributed by atoms with Crippen molar-refractivity contribution >= 4 is 33.8 Å². The second kappa shape index (κ2) is 10.3. The first-order valence-electron chi connectivity index (χ1n) is 15.1. The van der Waals surface area contributed by atoms with Crippen molar-refractivity contribution in [3.63, 3.8) is 0 Å². The Balaban J connectivity index is 1.15. The maximum absolute atomic E-state index is 16.2. The van der Waals surface area contributed by atoms with Gasteiger partial charge in [-0.2, -0.15) is 0 Å². The summed E-state index contributed by atoms with van der Waals surface area (Å²) < 4.78 is 25.6. The number of fused-ring (bicyclic) bond motifs is 5. The number of halogens is 2. The number of H-pyrrole nitrogens is 2. The fraction of sp³-hybridized carbons (Fsp3) is 0.273. The molecule has 8 nitrogen and oxygen atoms in total. The summed E-state index contributed by atoms with van der Waals surface area (Å²) in [5.41, 5.74) is 5.59. The molecule has 2 saturated heterocycles. The van der Waals surface area contributed by atoms with Crippen molar-refractivity contribution in [3.8, 4) is 39.5 Å². The number of hydrogen-bond acceptors (Lipinski definition) is 6. The third-order valence-corrected chi connectivity index (χ3v) is 10.3. The van der Waals surface area contributed by atoms with Gasteiger partial charge < -0.3 is 25.3 Å². The van der Waals surface area contributed by atoms with Crippen molar-refractivity contribution < 1.29 is 9.13 Å². The minimum atomic E-state index is -0.500. The van der Waals surface area contributed by atoms with E-state index in [4.69, 9.17) is 16.3 Å². The molecule has 0 bridgehead atoms. The van der Waals surface area contributed by atoms with Gasteiger partial charge in [0.1, 0.15) is 23.2 Å². The van der Waals surface area contributed by atoms with Crippen LogP contribution in [0.4, 0.5) is 4.39 Å². The van der Waals surface area contributed by atoms with Crippen LogP contribution in [0, 0.1) is 5.82 Å². The molecule has 3 aliphatic rings. The maximum atomic E-state index is 16.2. The Morgan fingerprint density at radius 3 is 2.25 bits per heavy atom. The summed E-state index contributed by atoms with van der Waals surface area (Å²) >= 11 is 7.85. The standard InChI is InChI=1S/C33H29ClFN7OS/c34-29-8-7-28(44-29)33-42-25-6-5-17(23-15-38-31(40-23)21-3-1-9-36-21)11-19(25)13-26(42)30-20(35)12-18(14-27(30)43-33)24-16-39-32(41-24)22-4-2-10-37-22/h5-8,11-16,21-22,33,36-37H,1-4,9-10H2,(H,38,40)(H,39,41). The van der Waals surface area contributed by atoms with Gasteiger partial charge >= 0.3 is 0 Å². The van der Waals surface area contributed by atoms with E-state index >= 15 is 4.39 Å². The summed E-state index contributed by atoms with van der Waals surface area (Å²) in [6.07, 6.45) is 7.56. The van der Waals surface area contributed by atoms with E-state index in [1.165, 1.54) is 11.3 Å². The molecule has 0 radical (unpaired) electrons. The van der Waals surface area contributed by atoms with Crippen LogP contribution in [0.1, 0.15) is 60.5 Å². The van der Waals surface area contributed by atoms with Crippen LogP contribution in [0.25, 0.3) is 44.7 Å². The third-order valence-electron chi connectivity index (χ3n) is 9.05. The predicted molar refractivity (Wildman–Crippen MR) is 171 cm³/mol. The van der Waals surface area contributed by atoms with Gasteiger partial charge in [-0.3, -0.25) is 4.57 Å². The summed E-state index contributed by atoms with van der Waals surface area (Å²) in [4.78, 5) is 17.1. The van der Waals surface area contributed by atoms with Crippen LogP contribution in [-0.2, 0) is 0 Å². The van der Waals surface area contributed by atoms with E-state index in [0.717, 1.165) is 88.8 Å². The SMILES string of the molecule is Fc1cc(-c2cnc(C3CCCN3)[nH]2)cc2c1-c1cc3cc(-c4cnc(C5CCCN5)[nH]4)ccc3n1C(c1ccc(Cl)s1)O2. The van der Waals surface area contributed by atoms with Crippen molar-refractivity contribution in [2.75, 3.05) is 13.1 Å². The lowest BCUT2D eigenvalue weighted by Gasteiger charge is -2.30. The zero-order valence-corrected chi connectivity index (χ0v) is 25.2. The summed E-state index contributed by atoms with van der Waals surface area (Å²) in [6.45, 7) is 1.99. The summed E-state index contributed by atoms with van der Waals surface area (Å²) in [6, 6.07) is 16.1. The molecule has 4 N–H and O–H groups in total. The average Bonchev–Trinajstić information content (AvgIpc) is 3.87. The number of nitrogens with one attached hydrogen (secondary N) is 4. The molecular weight excluding hydrogens is 597 g/mol. The monoisotopic (exact) mass is 625 g/mol. The summed E-state index contributed by atoms with van der Waals surface area (Å²) in [5, 5.41) is 7.95. The number of nitrogens with zero attached hydrogens (tertiary/aromatic N) is 3. The van der Waals surface area contributed by atoms with Gasteiger partial charge in [0.05, 0.1) is 61.9 Å². The molecule has 0 saturated carbocycles. The Labute approximate surface area is 261 Å². The van der Waals surface area contributed by atoms with Crippen LogP contribution in [-0.4, -0.2) is 37.6 Å². The number of aromatic amines is 2. The molecule has 3 unspecified atom stereocenters. The van der Waals surface area contributed by atoms with Crippen LogP contribution in [0.15, 0.2) is 60.9 Å². The fourth-order valence-corrected chi connectivity index (χ4v) is 7.99. The highest BCUT2D eigenvalue weighted by atomic mass is 35.5. The number of hydrogen-bond donors (Lipinski definition) is 4. The van der Waals surface area contributed by atoms with E-state index in [2.05, 4.69) is 59.4 Å². The van der Waals surface area contributed by atoms with E-state index in [1.54, 1.807) is 12.3 Å². The zero-order chi connectivity index (χ0) is 29.4. The smallest absolute Gasteiger partial charge is 0.212 e. The second-order valence-corrected chi connectivity index (χ2v) is 13.5. The second-order valence-electron chi connectivity index (χ2n) is 11.8. The Hall–Kier alpha value is -3.96. The molecule has 222 valence electrons. The van der Waals surface area contributed by atoms with E-state index in [0.29, 0.717) is 21.2 Å². The van der Waals surface area contributed by atoms with Crippen molar-refractivity contribution in [1.82, 2.24) is 35.1 Å². The molecular formula is C33H29ClFN7OS. The highest BCUT2D eigenvalue weighted by Gasteiger charge is 2.33. The van der Waals surface area contributed by atoms with E-state index in [1.807, 2.05) is 24.4 Å². The first kappa shape index (κ1) is 26.4. The van der Waals surface area contributed by atoms with Gasteiger partial charge in [-0.05, 0) is 81.2 Å². The predicted octanol–water partition coefficient (Wildman–Crippen LogP) is 7.73. The van der Waals surface area contributed by atoms with Crippen LogP contribution >= 0.6 is 22.9 Å². The average molecular weight is 626 g/mol. The Bertz CT molecular complexity index is 2030. The minimum Gasteiger partial charge on any atom is -0.464 e.